The number of nitrogens with one attached hydrogen (secondary N) is 1. The van der Waals surface area contributed by atoms with Crippen molar-refractivity contribution in [2.75, 3.05) is 17.7 Å². The molecule has 0 aliphatic rings. The summed E-state index contributed by atoms with van der Waals surface area (Å²) in [6.07, 6.45) is 0. The SMILES string of the molecule is CCOC(=O)c1sc(NC(=O)CSc2ccc(C(C)=O)cc2F)nc1-c1ccccc1. The molecule has 0 aliphatic heterocycles. The maximum absolute atomic E-state index is 14.1. The molecule has 1 amide bonds. The van der Waals surface area contributed by atoms with Crippen molar-refractivity contribution < 1.29 is 23.5 Å². The lowest BCUT2D eigenvalue weighted by atomic mass is 10.1. The lowest BCUT2D eigenvalue weighted by molar-refractivity contribution is -0.113. The number of carbonyl (C=O) groups is 3. The number of hydrogen-bond donors (Lipinski definition) is 1. The van der Waals surface area contributed by atoms with E-state index in [2.05, 4.69) is 10.3 Å². The predicted octanol–water partition coefficient (Wildman–Crippen LogP) is 5.06. The molecule has 0 saturated carbocycles. The van der Waals surface area contributed by atoms with E-state index < -0.39 is 17.7 Å². The van der Waals surface area contributed by atoms with E-state index in [9.17, 15) is 18.8 Å². The van der Waals surface area contributed by atoms with Crippen LogP contribution < -0.4 is 5.32 Å². The number of thioether (sulfide) groups is 1. The number of thiazole rings is 1. The molecule has 3 aromatic rings. The highest BCUT2D eigenvalue weighted by Crippen LogP contribution is 2.32. The largest absolute Gasteiger partial charge is 0.462 e. The number of amides is 1. The Hall–Kier alpha value is -3.04. The Morgan fingerprint density at radius 2 is 1.90 bits per heavy atom. The fourth-order valence-corrected chi connectivity index (χ4v) is 4.25. The van der Waals surface area contributed by atoms with Crippen LogP contribution >= 0.6 is 23.1 Å². The number of anilines is 1. The zero-order valence-electron chi connectivity index (χ0n) is 16.8. The quantitative estimate of drug-likeness (QED) is 0.289. The van der Waals surface area contributed by atoms with Crippen molar-refractivity contribution in [3.8, 4) is 11.3 Å². The van der Waals surface area contributed by atoms with Gasteiger partial charge in [0.1, 0.15) is 10.7 Å². The first-order valence-corrected chi connectivity index (χ1v) is 11.2. The van der Waals surface area contributed by atoms with E-state index in [4.69, 9.17) is 4.74 Å². The van der Waals surface area contributed by atoms with Crippen LogP contribution in [0.1, 0.15) is 33.9 Å². The zero-order valence-corrected chi connectivity index (χ0v) is 18.4. The van der Waals surface area contributed by atoms with Crippen LogP contribution in [0.15, 0.2) is 53.4 Å². The minimum absolute atomic E-state index is 0.0642. The molecule has 0 unspecified atom stereocenters. The molecular weight excluding hydrogens is 439 g/mol. The van der Waals surface area contributed by atoms with Crippen LogP contribution in [0, 0.1) is 5.82 Å². The molecule has 31 heavy (non-hydrogen) atoms. The maximum atomic E-state index is 14.1. The number of esters is 1. The first-order valence-electron chi connectivity index (χ1n) is 9.35. The molecule has 0 bridgehead atoms. The van der Waals surface area contributed by atoms with Gasteiger partial charge in [-0.05, 0) is 26.0 Å². The summed E-state index contributed by atoms with van der Waals surface area (Å²) >= 11 is 2.03. The van der Waals surface area contributed by atoms with E-state index in [1.54, 1.807) is 6.92 Å². The van der Waals surface area contributed by atoms with Crippen LogP contribution in [0.4, 0.5) is 9.52 Å². The molecular formula is C22H19FN2O4S2. The smallest absolute Gasteiger partial charge is 0.350 e. The lowest BCUT2D eigenvalue weighted by Crippen LogP contribution is -2.14. The summed E-state index contributed by atoms with van der Waals surface area (Å²) < 4.78 is 19.2. The Morgan fingerprint density at radius 3 is 2.55 bits per heavy atom. The van der Waals surface area contributed by atoms with E-state index in [1.165, 1.54) is 19.1 Å². The Bertz CT molecular complexity index is 1120. The number of Topliss-reactive ketones (excluding diaryl/α,β-unsaturated/α-hetero) is 1. The van der Waals surface area contributed by atoms with Crippen molar-refractivity contribution >= 4 is 45.9 Å². The highest BCUT2D eigenvalue weighted by atomic mass is 32.2. The summed E-state index contributed by atoms with van der Waals surface area (Å²) in [6, 6.07) is 13.3. The maximum Gasteiger partial charge on any atom is 0.350 e. The van der Waals surface area contributed by atoms with Gasteiger partial charge >= 0.3 is 5.97 Å². The van der Waals surface area contributed by atoms with Gasteiger partial charge in [-0.25, -0.2) is 14.2 Å². The van der Waals surface area contributed by atoms with Crippen LogP contribution in [0.5, 0.6) is 0 Å². The van der Waals surface area contributed by atoms with Crippen molar-refractivity contribution in [1.29, 1.82) is 0 Å². The third kappa shape index (κ3) is 5.77. The average Bonchev–Trinajstić information content (AvgIpc) is 3.17. The lowest BCUT2D eigenvalue weighted by Gasteiger charge is -2.05. The van der Waals surface area contributed by atoms with Crippen molar-refractivity contribution in [3.05, 3.63) is 64.8 Å². The monoisotopic (exact) mass is 458 g/mol. The second kappa shape index (κ2) is 10.3. The highest BCUT2D eigenvalue weighted by molar-refractivity contribution is 8.00. The molecule has 0 spiro atoms. The number of rotatable bonds is 8. The first-order chi connectivity index (χ1) is 14.9. The fraction of sp³-hybridized carbons (Fsp3) is 0.182. The minimum atomic E-state index is -0.560. The van der Waals surface area contributed by atoms with E-state index in [-0.39, 0.29) is 33.7 Å². The number of halogens is 1. The molecule has 1 N–H and O–H groups in total. The second-order valence-electron chi connectivity index (χ2n) is 6.32. The molecule has 0 atom stereocenters. The Morgan fingerprint density at radius 1 is 1.16 bits per heavy atom. The molecule has 1 heterocycles. The van der Waals surface area contributed by atoms with Crippen LogP contribution in [0.3, 0.4) is 0 Å². The molecule has 6 nitrogen and oxygen atoms in total. The van der Waals surface area contributed by atoms with Gasteiger partial charge in [-0.3, -0.25) is 9.59 Å². The molecule has 2 aromatic carbocycles. The second-order valence-corrected chi connectivity index (χ2v) is 8.34. The molecule has 1 aromatic heterocycles. The molecule has 0 radical (unpaired) electrons. The van der Waals surface area contributed by atoms with Gasteiger partial charge < -0.3 is 10.1 Å². The molecule has 0 saturated heterocycles. The van der Waals surface area contributed by atoms with Gasteiger partial charge in [-0.15, -0.1) is 11.8 Å². The Labute approximate surface area is 186 Å². The van der Waals surface area contributed by atoms with Crippen LogP contribution in [0.2, 0.25) is 0 Å². The number of benzene rings is 2. The highest BCUT2D eigenvalue weighted by Gasteiger charge is 2.21. The van der Waals surface area contributed by atoms with Gasteiger partial charge in [0, 0.05) is 16.0 Å². The number of ketones is 1. The first kappa shape index (κ1) is 22.6. The summed E-state index contributed by atoms with van der Waals surface area (Å²) in [5.74, 6) is -1.77. The van der Waals surface area contributed by atoms with Crippen LogP contribution in [-0.2, 0) is 9.53 Å². The molecule has 160 valence electrons. The van der Waals surface area contributed by atoms with Crippen molar-refractivity contribution in [3.63, 3.8) is 0 Å². The summed E-state index contributed by atoms with van der Waals surface area (Å²) in [6.45, 7) is 3.29. The number of aromatic nitrogens is 1. The molecule has 3 rings (SSSR count). The van der Waals surface area contributed by atoms with Gasteiger partial charge in [0.05, 0.1) is 18.1 Å². The fourth-order valence-electron chi connectivity index (χ4n) is 2.64. The van der Waals surface area contributed by atoms with Gasteiger partial charge in [0.25, 0.3) is 0 Å². The van der Waals surface area contributed by atoms with Gasteiger partial charge in [-0.2, -0.15) is 0 Å². The van der Waals surface area contributed by atoms with Crippen LogP contribution in [-0.4, -0.2) is 35.0 Å². The normalized spacial score (nSPS) is 10.5. The third-order valence-corrected chi connectivity index (χ3v) is 6.08. The summed E-state index contributed by atoms with van der Waals surface area (Å²) in [7, 11) is 0. The molecule has 9 heteroatoms. The summed E-state index contributed by atoms with van der Waals surface area (Å²) in [5.41, 5.74) is 1.43. The van der Waals surface area contributed by atoms with Gasteiger partial charge in [-0.1, -0.05) is 47.7 Å². The topological polar surface area (TPSA) is 85.4 Å². The van der Waals surface area contributed by atoms with Crippen molar-refractivity contribution in [2.45, 2.75) is 18.7 Å². The number of ether oxygens (including phenoxy) is 1. The van der Waals surface area contributed by atoms with Crippen molar-refractivity contribution in [1.82, 2.24) is 4.98 Å². The van der Waals surface area contributed by atoms with E-state index in [0.29, 0.717) is 10.6 Å². The minimum Gasteiger partial charge on any atom is -0.462 e. The molecule has 0 fully saturated rings. The summed E-state index contributed by atoms with van der Waals surface area (Å²) in [5, 5.41) is 2.90. The standard InChI is InChI=1S/C22H19FN2O4S2/c1-3-29-21(28)20-19(14-7-5-4-6-8-14)25-22(31-20)24-18(27)12-30-17-10-9-15(13(2)26)11-16(17)23/h4-11H,3,12H2,1-2H3,(H,24,25,27). The van der Waals surface area contributed by atoms with E-state index in [1.807, 2.05) is 30.3 Å². The molecule has 0 aliphatic carbocycles. The van der Waals surface area contributed by atoms with E-state index in [0.717, 1.165) is 34.7 Å². The predicted molar refractivity (Wildman–Crippen MR) is 119 cm³/mol. The van der Waals surface area contributed by atoms with E-state index >= 15 is 0 Å². The average molecular weight is 459 g/mol. The number of carbonyl (C=O) groups excluding carboxylic acids is 3. The number of nitrogens with zero attached hydrogens (tertiary/aromatic N) is 1. The van der Waals surface area contributed by atoms with Gasteiger partial charge in [0.15, 0.2) is 10.9 Å². The zero-order chi connectivity index (χ0) is 22.4. The van der Waals surface area contributed by atoms with Crippen LogP contribution in [0.25, 0.3) is 11.3 Å². The van der Waals surface area contributed by atoms with Crippen molar-refractivity contribution in [2.24, 2.45) is 0 Å². The Kier molecular flexibility index (Phi) is 7.54. The number of hydrogen-bond acceptors (Lipinski definition) is 7. The summed E-state index contributed by atoms with van der Waals surface area (Å²) in [4.78, 5) is 41.0. The Balaban J connectivity index is 1.72. The third-order valence-electron chi connectivity index (χ3n) is 4.08. The van der Waals surface area contributed by atoms with Gasteiger partial charge in [0.2, 0.25) is 5.91 Å².